The summed E-state index contributed by atoms with van der Waals surface area (Å²) in [4.78, 5) is 21.6. The van der Waals surface area contributed by atoms with E-state index in [-0.39, 0.29) is 5.69 Å². The van der Waals surface area contributed by atoms with Gasteiger partial charge in [-0.15, -0.1) is 0 Å². The Morgan fingerprint density at radius 3 is 2.74 bits per heavy atom. The van der Waals surface area contributed by atoms with Crippen LogP contribution in [-0.2, 0) is 11.2 Å². The Balaban J connectivity index is 2.93. The smallest absolute Gasteiger partial charge is 0.306 e. The van der Waals surface area contributed by atoms with Crippen molar-refractivity contribution in [1.82, 2.24) is 0 Å². The fourth-order valence-electron chi connectivity index (χ4n) is 2.03. The van der Waals surface area contributed by atoms with Crippen LogP contribution in [0.3, 0.4) is 0 Å². The van der Waals surface area contributed by atoms with Crippen LogP contribution < -0.4 is 5.73 Å². The number of benzene rings is 1. The van der Waals surface area contributed by atoms with Crippen molar-refractivity contribution in [2.75, 3.05) is 6.54 Å². The van der Waals surface area contributed by atoms with Crippen molar-refractivity contribution >= 4 is 11.7 Å². The number of hydrogen-bond acceptors (Lipinski definition) is 4. The van der Waals surface area contributed by atoms with Crippen LogP contribution in [0.2, 0.25) is 0 Å². The molecule has 19 heavy (non-hydrogen) atoms. The molecule has 0 amide bonds. The molecule has 0 aliphatic rings. The molecule has 3 N–H and O–H groups in total. The maximum absolute atomic E-state index is 11.2. The van der Waals surface area contributed by atoms with E-state index in [1.165, 1.54) is 6.07 Å². The summed E-state index contributed by atoms with van der Waals surface area (Å²) in [7, 11) is 0. The average molecular weight is 266 g/mol. The van der Waals surface area contributed by atoms with Gasteiger partial charge in [0.05, 0.1) is 10.8 Å². The number of nitrogens with two attached hydrogens (primary N) is 1. The predicted molar refractivity (Wildman–Crippen MR) is 71.0 cm³/mol. The number of carbonyl (C=O) groups is 1. The predicted octanol–water partition coefficient (Wildman–Crippen LogP) is 1.89. The number of hydrogen-bond donors (Lipinski definition) is 2. The molecule has 0 aliphatic heterocycles. The summed E-state index contributed by atoms with van der Waals surface area (Å²) >= 11 is 0. The van der Waals surface area contributed by atoms with Crippen molar-refractivity contribution in [2.24, 2.45) is 11.7 Å². The second-order valence-electron chi connectivity index (χ2n) is 4.49. The Morgan fingerprint density at radius 2 is 2.21 bits per heavy atom. The molecule has 104 valence electrons. The van der Waals surface area contributed by atoms with E-state index in [4.69, 9.17) is 10.8 Å². The third kappa shape index (κ3) is 4.03. The van der Waals surface area contributed by atoms with Crippen LogP contribution in [0.25, 0.3) is 0 Å². The summed E-state index contributed by atoms with van der Waals surface area (Å²) in [5, 5.41) is 20.0. The molecule has 0 aromatic heterocycles. The highest BCUT2D eigenvalue weighted by atomic mass is 16.6. The number of nitro groups is 1. The van der Waals surface area contributed by atoms with E-state index in [9.17, 15) is 14.9 Å². The number of carboxylic acids is 1. The average Bonchev–Trinajstić information content (AvgIpc) is 2.35. The lowest BCUT2D eigenvalue weighted by molar-refractivity contribution is -0.385. The second kappa shape index (κ2) is 6.84. The Hall–Kier alpha value is -1.95. The molecule has 0 heterocycles. The quantitative estimate of drug-likeness (QED) is 0.579. The third-order valence-electron chi connectivity index (χ3n) is 3.19. The Morgan fingerprint density at radius 1 is 1.53 bits per heavy atom. The molecule has 0 saturated heterocycles. The maximum Gasteiger partial charge on any atom is 0.306 e. The number of nitrogens with zero attached hydrogens (tertiary/aromatic N) is 1. The molecule has 1 rings (SSSR count). The molecule has 6 heteroatoms. The van der Waals surface area contributed by atoms with Gasteiger partial charge in [-0.2, -0.15) is 0 Å². The van der Waals surface area contributed by atoms with Gasteiger partial charge in [-0.05, 0) is 38.3 Å². The Bertz CT molecular complexity index is 474. The van der Waals surface area contributed by atoms with E-state index >= 15 is 0 Å². The van der Waals surface area contributed by atoms with E-state index in [1.807, 2.05) is 0 Å². The van der Waals surface area contributed by atoms with Crippen LogP contribution in [0.4, 0.5) is 5.69 Å². The molecule has 0 spiro atoms. The van der Waals surface area contributed by atoms with Crippen LogP contribution in [0.5, 0.6) is 0 Å². The van der Waals surface area contributed by atoms with E-state index < -0.39 is 16.8 Å². The Kier molecular flexibility index (Phi) is 5.44. The summed E-state index contributed by atoms with van der Waals surface area (Å²) < 4.78 is 0. The summed E-state index contributed by atoms with van der Waals surface area (Å²) in [5.74, 6) is -1.44. The minimum Gasteiger partial charge on any atom is -0.481 e. The topological polar surface area (TPSA) is 106 Å². The SMILES string of the molecule is Cc1c(CC(CCCN)C(=O)O)cccc1[N+](=O)[O-]. The molecule has 0 saturated carbocycles. The molecular formula is C13H18N2O4. The lowest BCUT2D eigenvalue weighted by atomic mass is 9.92. The van der Waals surface area contributed by atoms with Crippen LogP contribution >= 0.6 is 0 Å². The van der Waals surface area contributed by atoms with Crippen LogP contribution in [-0.4, -0.2) is 22.5 Å². The van der Waals surface area contributed by atoms with Crippen molar-refractivity contribution in [3.8, 4) is 0 Å². The third-order valence-corrected chi connectivity index (χ3v) is 3.19. The molecule has 0 radical (unpaired) electrons. The van der Waals surface area contributed by atoms with Gasteiger partial charge in [0.1, 0.15) is 0 Å². The van der Waals surface area contributed by atoms with Gasteiger partial charge >= 0.3 is 5.97 Å². The zero-order valence-electron chi connectivity index (χ0n) is 10.8. The first-order chi connectivity index (χ1) is 8.97. The van der Waals surface area contributed by atoms with Crippen LogP contribution in [0.15, 0.2) is 18.2 Å². The first-order valence-electron chi connectivity index (χ1n) is 6.13. The summed E-state index contributed by atoms with van der Waals surface area (Å²) in [6, 6.07) is 4.75. The van der Waals surface area contributed by atoms with Gasteiger partial charge in [0.25, 0.3) is 5.69 Å². The number of carboxylic acid groups (broad SMARTS) is 1. The largest absolute Gasteiger partial charge is 0.481 e. The first kappa shape index (κ1) is 15.1. The minimum absolute atomic E-state index is 0.0282. The highest BCUT2D eigenvalue weighted by Crippen LogP contribution is 2.24. The van der Waals surface area contributed by atoms with Crippen molar-refractivity contribution in [3.05, 3.63) is 39.4 Å². The van der Waals surface area contributed by atoms with Gasteiger partial charge < -0.3 is 10.8 Å². The number of rotatable bonds is 7. The molecule has 1 atom stereocenters. The van der Waals surface area contributed by atoms with Crippen molar-refractivity contribution in [3.63, 3.8) is 0 Å². The summed E-state index contributed by atoms with van der Waals surface area (Å²) in [6.07, 6.45) is 1.40. The van der Waals surface area contributed by atoms with Gasteiger partial charge in [0, 0.05) is 11.6 Å². The molecule has 1 aromatic carbocycles. The van der Waals surface area contributed by atoms with Crippen LogP contribution in [0.1, 0.15) is 24.0 Å². The normalized spacial score (nSPS) is 12.1. The van der Waals surface area contributed by atoms with E-state index in [2.05, 4.69) is 0 Å². The summed E-state index contributed by atoms with van der Waals surface area (Å²) in [6.45, 7) is 2.09. The molecular weight excluding hydrogens is 248 g/mol. The van der Waals surface area contributed by atoms with Crippen molar-refractivity contribution in [2.45, 2.75) is 26.2 Å². The van der Waals surface area contributed by atoms with E-state index in [0.29, 0.717) is 36.9 Å². The number of nitro benzene ring substituents is 1. The summed E-state index contributed by atoms with van der Waals surface area (Å²) in [5.41, 5.74) is 6.65. The zero-order chi connectivity index (χ0) is 14.4. The molecule has 0 aliphatic carbocycles. The van der Waals surface area contributed by atoms with Gasteiger partial charge in [0.15, 0.2) is 0 Å². The highest BCUT2D eigenvalue weighted by molar-refractivity contribution is 5.70. The van der Waals surface area contributed by atoms with E-state index in [1.54, 1.807) is 19.1 Å². The lowest BCUT2D eigenvalue weighted by Gasteiger charge is -2.13. The number of aliphatic carboxylic acids is 1. The molecule has 0 bridgehead atoms. The van der Waals surface area contributed by atoms with Gasteiger partial charge in [0.2, 0.25) is 0 Å². The van der Waals surface area contributed by atoms with Crippen molar-refractivity contribution in [1.29, 1.82) is 0 Å². The lowest BCUT2D eigenvalue weighted by Crippen LogP contribution is -2.18. The van der Waals surface area contributed by atoms with Crippen molar-refractivity contribution < 1.29 is 14.8 Å². The fraction of sp³-hybridized carbons (Fsp3) is 0.462. The first-order valence-corrected chi connectivity index (χ1v) is 6.13. The molecule has 1 aromatic rings. The fourth-order valence-corrected chi connectivity index (χ4v) is 2.03. The van der Waals surface area contributed by atoms with Gasteiger partial charge in [-0.25, -0.2) is 0 Å². The molecule has 0 fully saturated rings. The minimum atomic E-state index is -0.889. The molecule has 1 unspecified atom stereocenters. The second-order valence-corrected chi connectivity index (χ2v) is 4.49. The maximum atomic E-state index is 11.2. The van der Waals surface area contributed by atoms with Gasteiger partial charge in [-0.1, -0.05) is 12.1 Å². The van der Waals surface area contributed by atoms with Gasteiger partial charge in [-0.3, -0.25) is 14.9 Å². The monoisotopic (exact) mass is 266 g/mol. The molecule has 6 nitrogen and oxygen atoms in total. The standard InChI is InChI=1S/C13H18N2O4/c1-9-10(4-2-6-12(9)15(18)19)8-11(13(16)17)5-3-7-14/h2,4,6,11H,3,5,7-8,14H2,1H3,(H,16,17). The van der Waals surface area contributed by atoms with Crippen LogP contribution in [0, 0.1) is 23.0 Å². The Labute approximate surface area is 111 Å². The zero-order valence-corrected chi connectivity index (χ0v) is 10.8. The highest BCUT2D eigenvalue weighted by Gasteiger charge is 2.21. The van der Waals surface area contributed by atoms with E-state index in [0.717, 1.165) is 0 Å².